The molecule has 0 aliphatic carbocycles. The topological polar surface area (TPSA) is 69.9 Å². The Labute approximate surface area is 169 Å². The smallest absolute Gasteiger partial charge is 0.270 e. The first-order valence-electron chi connectivity index (χ1n) is 9.04. The predicted octanol–water partition coefficient (Wildman–Crippen LogP) is 3.59. The first kappa shape index (κ1) is 19.9. The van der Waals surface area contributed by atoms with Crippen molar-refractivity contribution in [1.82, 2.24) is 4.90 Å². The Bertz CT molecular complexity index is 908. The number of hydrogen-bond donors (Lipinski definition) is 0. The molecule has 0 bridgehead atoms. The number of rotatable bonds is 4. The lowest BCUT2D eigenvalue weighted by Crippen LogP contribution is -2.49. The number of amides is 1. The van der Waals surface area contributed by atoms with Crippen molar-refractivity contribution in [2.45, 2.75) is 6.92 Å². The monoisotopic (exact) mass is 402 g/mol. The molecule has 1 amide bonds. The van der Waals surface area contributed by atoms with Gasteiger partial charge in [0.1, 0.15) is 0 Å². The number of carbonyl (C=O) groups excluding carboxylic acids is 1. The molecule has 0 spiro atoms. The second kappa shape index (κ2) is 8.06. The van der Waals surface area contributed by atoms with E-state index in [1.807, 2.05) is 39.2 Å². The number of non-ortho nitro benzene ring substituents is 1. The second-order valence-corrected chi connectivity index (χ2v) is 7.50. The summed E-state index contributed by atoms with van der Waals surface area (Å²) in [4.78, 5) is 29.5. The normalized spacial score (nSPS) is 14.1. The van der Waals surface area contributed by atoms with Crippen molar-refractivity contribution in [1.29, 1.82) is 0 Å². The Morgan fingerprint density at radius 1 is 1.11 bits per heavy atom. The van der Waals surface area contributed by atoms with Crippen LogP contribution in [0.1, 0.15) is 15.9 Å². The number of nitrogens with zero attached hydrogens (tertiary/aromatic N) is 4. The van der Waals surface area contributed by atoms with E-state index in [4.69, 9.17) is 11.6 Å². The van der Waals surface area contributed by atoms with Crippen molar-refractivity contribution in [3.8, 4) is 0 Å². The van der Waals surface area contributed by atoms with Crippen LogP contribution in [0, 0.1) is 17.0 Å². The number of nitro benzene ring substituents is 1. The number of halogens is 1. The summed E-state index contributed by atoms with van der Waals surface area (Å²) in [6, 6.07) is 10.2. The van der Waals surface area contributed by atoms with E-state index in [1.165, 1.54) is 12.1 Å². The highest BCUT2D eigenvalue weighted by molar-refractivity contribution is 6.30. The van der Waals surface area contributed by atoms with Crippen LogP contribution in [0.4, 0.5) is 17.1 Å². The number of benzene rings is 2. The van der Waals surface area contributed by atoms with Crippen LogP contribution in [-0.4, -0.2) is 56.0 Å². The molecule has 0 aromatic heterocycles. The molecular weight excluding hydrogens is 380 g/mol. The zero-order chi connectivity index (χ0) is 20.4. The Morgan fingerprint density at radius 2 is 1.79 bits per heavy atom. The van der Waals surface area contributed by atoms with E-state index in [0.717, 1.165) is 11.3 Å². The van der Waals surface area contributed by atoms with Crippen molar-refractivity contribution in [2.75, 3.05) is 50.1 Å². The fraction of sp³-hybridized carbons (Fsp3) is 0.350. The van der Waals surface area contributed by atoms with Gasteiger partial charge in [-0.15, -0.1) is 0 Å². The average molecular weight is 403 g/mol. The van der Waals surface area contributed by atoms with E-state index >= 15 is 0 Å². The van der Waals surface area contributed by atoms with Crippen LogP contribution in [0.5, 0.6) is 0 Å². The lowest BCUT2D eigenvalue weighted by atomic mass is 10.1. The number of carbonyl (C=O) groups is 1. The van der Waals surface area contributed by atoms with Crippen molar-refractivity contribution in [3.05, 3.63) is 62.7 Å². The van der Waals surface area contributed by atoms with Crippen LogP contribution in [-0.2, 0) is 0 Å². The number of anilines is 2. The Kier molecular flexibility index (Phi) is 5.74. The summed E-state index contributed by atoms with van der Waals surface area (Å²) >= 11 is 6.13. The minimum Gasteiger partial charge on any atom is -0.377 e. The molecule has 148 valence electrons. The molecule has 0 saturated carbocycles. The second-order valence-electron chi connectivity index (χ2n) is 7.06. The number of piperazine rings is 1. The van der Waals surface area contributed by atoms with E-state index in [9.17, 15) is 14.9 Å². The molecule has 2 aromatic rings. The van der Waals surface area contributed by atoms with E-state index in [2.05, 4.69) is 4.90 Å². The van der Waals surface area contributed by atoms with Crippen LogP contribution in [0.3, 0.4) is 0 Å². The lowest BCUT2D eigenvalue weighted by molar-refractivity contribution is -0.384. The maximum absolute atomic E-state index is 13.1. The van der Waals surface area contributed by atoms with Gasteiger partial charge in [-0.05, 0) is 30.7 Å². The predicted molar refractivity (Wildman–Crippen MR) is 112 cm³/mol. The van der Waals surface area contributed by atoms with Gasteiger partial charge in [-0.3, -0.25) is 14.9 Å². The van der Waals surface area contributed by atoms with Gasteiger partial charge in [0.2, 0.25) is 0 Å². The summed E-state index contributed by atoms with van der Waals surface area (Å²) in [6.07, 6.45) is 0. The van der Waals surface area contributed by atoms with Crippen molar-refractivity contribution in [2.24, 2.45) is 0 Å². The summed E-state index contributed by atoms with van der Waals surface area (Å²) in [6.45, 7) is 4.48. The van der Waals surface area contributed by atoms with E-state index in [1.54, 1.807) is 15.9 Å². The summed E-state index contributed by atoms with van der Waals surface area (Å²) < 4.78 is 0. The number of hydrogen-bond acceptors (Lipinski definition) is 5. The quantitative estimate of drug-likeness (QED) is 0.577. The van der Waals surface area contributed by atoms with Gasteiger partial charge in [0, 0.05) is 68.8 Å². The van der Waals surface area contributed by atoms with Gasteiger partial charge < -0.3 is 14.7 Å². The van der Waals surface area contributed by atoms with Gasteiger partial charge in [-0.2, -0.15) is 0 Å². The largest absolute Gasteiger partial charge is 0.377 e. The standard InChI is InChI=1S/C20H23ClN4O3/c1-14-4-5-15(21)12-19(14)23-8-10-24(11-9-23)20(26)17-13-16(25(27)28)6-7-18(17)22(2)3/h4-7,12-13H,8-11H2,1-3H3. The maximum Gasteiger partial charge on any atom is 0.270 e. The van der Waals surface area contributed by atoms with Crippen LogP contribution in [0.25, 0.3) is 0 Å². The molecule has 0 atom stereocenters. The molecule has 2 aromatic carbocycles. The molecule has 3 rings (SSSR count). The minimum absolute atomic E-state index is 0.0814. The van der Waals surface area contributed by atoms with Gasteiger partial charge in [-0.25, -0.2) is 0 Å². The molecule has 1 saturated heterocycles. The highest BCUT2D eigenvalue weighted by Crippen LogP contribution is 2.28. The van der Waals surface area contributed by atoms with Crippen LogP contribution < -0.4 is 9.80 Å². The molecule has 0 unspecified atom stereocenters. The SMILES string of the molecule is Cc1ccc(Cl)cc1N1CCN(C(=O)c2cc([N+](=O)[O-])ccc2N(C)C)CC1. The average Bonchev–Trinajstić information content (AvgIpc) is 2.68. The van der Waals surface area contributed by atoms with E-state index < -0.39 is 4.92 Å². The molecule has 28 heavy (non-hydrogen) atoms. The zero-order valence-corrected chi connectivity index (χ0v) is 16.9. The fourth-order valence-electron chi connectivity index (χ4n) is 3.44. The Morgan fingerprint density at radius 3 is 2.39 bits per heavy atom. The van der Waals surface area contributed by atoms with Gasteiger partial charge in [0.15, 0.2) is 0 Å². The van der Waals surface area contributed by atoms with Crippen molar-refractivity contribution in [3.63, 3.8) is 0 Å². The highest BCUT2D eigenvalue weighted by Gasteiger charge is 2.26. The van der Waals surface area contributed by atoms with E-state index in [-0.39, 0.29) is 11.6 Å². The number of nitro groups is 1. The molecule has 8 heteroatoms. The molecule has 0 N–H and O–H groups in total. The molecule has 7 nitrogen and oxygen atoms in total. The first-order chi connectivity index (χ1) is 13.3. The Balaban J connectivity index is 1.79. The summed E-state index contributed by atoms with van der Waals surface area (Å²) in [5, 5.41) is 11.8. The highest BCUT2D eigenvalue weighted by atomic mass is 35.5. The van der Waals surface area contributed by atoms with Gasteiger partial charge in [0.25, 0.3) is 11.6 Å². The van der Waals surface area contributed by atoms with Crippen LogP contribution in [0.15, 0.2) is 36.4 Å². The Hall–Kier alpha value is -2.80. The molecular formula is C20H23ClN4O3. The van der Waals surface area contributed by atoms with Crippen molar-refractivity contribution < 1.29 is 9.72 Å². The van der Waals surface area contributed by atoms with Crippen LogP contribution >= 0.6 is 11.6 Å². The summed E-state index contributed by atoms with van der Waals surface area (Å²) in [5.41, 5.74) is 3.15. The zero-order valence-electron chi connectivity index (χ0n) is 16.2. The molecule has 1 heterocycles. The molecule has 1 aliphatic rings. The lowest BCUT2D eigenvalue weighted by Gasteiger charge is -2.37. The molecule has 1 aliphatic heterocycles. The van der Waals surface area contributed by atoms with Gasteiger partial charge in [0.05, 0.1) is 10.5 Å². The van der Waals surface area contributed by atoms with Crippen molar-refractivity contribution >= 4 is 34.6 Å². The summed E-state index contributed by atoms with van der Waals surface area (Å²) in [5.74, 6) is -0.185. The summed E-state index contributed by atoms with van der Waals surface area (Å²) in [7, 11) is 3.63. The maximum atomic E-state index is 13.1. The third-order valence-electron chi connectivity index (χ3n) is 4.98. The fourth-order valence-corrected chi connectivity index (χ4v) is 3.61. The third-order valence-corrected chi connectivity index (χ3v) is 5.22. The van der Waals surface area contributed by atoms with E-state index in [0.29, 0.717) is 42.5 Å². The first-order valence-corrected chi connectivity index (χ1v) is 9.42. The minimum atomic E-state index is -0.476. The molecule has 1 fully saturated rings. The molecule has 0 radical (unpaired) electrons. The number of aryl methyl sites for hydroxylation is 1. The van der Waals surface area contributed by atoms with Crippen LogP contribution in [0.2, 0.25) is 5.02 Å². The van der Waals surface area contributed by atoms with Gasteiger partial charge in [-0.1, -0.05) is 17.7 Å². The third kappa shape index (κ3) is 4.04. The van der Waals surface area contributed by atoms with Gasteiger partial charge >= 0.3 is 0 Å².